The van der Waals surface area contributed by atoms with E-state index >= 15 is 0 Å². The SMILES string of the molecule is CC(OC(=O)CSc1cc(Cl)ccc1Cl)C(=O)N1CCNC1=O. The van der Waals surface area contributed by atoms with Crippen LogP contribution in [-0.2, 0) is 14.3 Å². The summed E-state index contributed by atoms with van der Waals surface area (Å²) in [6.45, 7) is 2.10. The van der Waals surface area contributed by atoms with E-state index in [1.165, 1.54) is 6.92 Å². The zero-order valence-corrected chi connectivity index (χ0v) is 14.5. The van der Waals surface area contributed by atoms with Gasteiger partial charge in [0, 0.05) is 23.0 Å². The van der Waals surface area contributed by atoms with Crippen LogP contribution in [0.3, 0.4) is 0 Å². The van der Waals surface area contributed by atoms with Gasteiger partial charge in [0.1, 0.15) is 0 Å². The van der Waals surface area contributed by atoms with Crippen molar-refractivity contribution in [2.75, 3.05) is 18.8 Å². The molecule has 0 spiro atoms. The average Bonchev–Trinajstić information content (AvgIpc) is 2.93. The smallest absolute Gasteiger partial charge is 0.324 e. The van der Waals surface area contributed by atoms with E-state index in [9.17, 15) is 14.4 Å². The first-order chi connectivity index (χ1) is 10.9. The Labute approximate surface area is 147 Å². The number of carbonyl (C=O) groups excluding carboxylic acids is 3. The molecule has 3 amide bonds. The Kier molecular flexibility index (Phi) is 6.15. The summed E-state index contributed by atoms with van der Waals surface area (Å²) in [5, 5.41) is 3.50. The molecule has 6 nitrogen and oxygen atoms in total. The van der Waals surface area contributed by atoms with E-state index in [4.69, 9.17) is 27.9 Å². The summed E-state index contributed by atoms with van der Waals surface area (Å²) in [4.78, 5) is 36.9. The quantitative estimate of drug-likeness (QED) is 0.631. The van der Waals surface area contributed by atoms with Gasteiger partial charge in [0.25, 0.3) is 5.91 Å². The lowest BCUT2D eigenvalue weighted by atomic mass is 10.3. The normalized spacial score (nSPS) is 15.3. The Balaban J connectivity index is 1.85. The van der Waals surface area contributed by atoms with Gasteiger partial charge in [0.2, 0.25) is 0 Å². The van der Waals surface area contributed by atoms with Crippen molar-refractivity contribution in [2.45, 2.75) is 17.9 Å². The van der Waals surface area contributed by atoms with Gasteiger partial charge in [-0.1, -0.05) is 23.2 Å². The van der Waals surface area contributed by atoms with Crippen LogP contribution in [-0.4, -0.2) is 47.8 Å². The molecule has 0 aromatic heterocycles. The van der Waals surface area contributed by atoms with E-state index < -0.39 is 24.0 Å². The summed E-state index contributed by atoms with van der Waals surface area (Å²) >= 11 is 13.0. The van der Waals surface area contributed by atoms with Gasteiger partial charge < -0.3 is 10.1 Å². The number of carbonyl (C=O) groups is 3. The monoisotopic (exact) mass is 376 g/mol. The number of thioether (sulfide) groups is 1. The molecule has 124 valence electrons. The Morgan fingerprint density at radius 1 is 1.43 bits per heavy atom. The third-order valence-corrected chi connectivity index (χ3v) is 4.72. The summed E-state index contributed by atoms with van der Waals surface area (Å²) in [5.41, 5.74) is 0. The van der Waals surface area contributed by atoms with Crippen LogP contribution in [0, 0.1) is 0 Å². The van der Waals surface area contributed by atoms with Crippen molar-refractivity contribution >= 4 is 52.9 Å². The Bertz CT molecular complexity index is 641. The molecule has 1 N–H and O–H groups in total. The predicted octanol–water partition coefficient (Wildman–Crippen LogP) is 2.57. The molecule has 1 fully saturated rings. The molecule has 2 rings (SSSR count). The van der Waals surface area contributed by atoms with Gasteiger partial charge >= 0.3 is 12.0 Å². The lowest BCUT2D eigenvalue weighted by molar-refractivity contribution is -0.155. The van der Waals surface area contributed by atoms with Crippen LogP contribution in [0.2, 0.25) is 10.0 Å². The number of nitrogens with zero attached hydrogens (tertiary/aromatic N) is 1. The standard InChI is InChI=1S/C14H14Cl2N2O4S/c1-8(13(20)18-5-4-17-14(18)21)22-12(19)7-23-11-6-9(15)2-3-10(11)16/h2-3,6,8H,4-5,7H2,1H3,(H,17,21). The first-order valence-corrected chi connectivity index (χ1v) is 8.49. The highest BCUT2D eigenvalue weighted by molar-refractivity contribution is 8.00. The molecule has 1 aliphatic rings. The minimum Gasteiger partial charge on any atom is -0.452 e. The van der Waals surface area contributed by atoms with E-state index in [2.05, 4.69) is 5.32 Å². The molecule has 0 bridgehead atoms. The molecule has 1 saturated heterocycles. The number of ether oxygens (including phenoxy) is 1. The maximum atomic E-state index is 12.0. The first-order valence-electron chi connectivity index (χ1n) is 6.75. The zero-order chi connectivity index (χ0) is 17.0. The van der Waals surface area contributed by atoms with Gasteiger partial charge in [0.05, 0.1) is 10.8 Å². The third-order valence-electron chi connectivity index (χ3n) is 3.02. The van der Waals surface area contributed by atoms with Crippen LogP contribution in [0.4, 0.5) is 4.79 Å². The van der Waals surface area contributed by atoms with E-state index in [1.807, 2.05) is 0 Å². The van der Waals surface area contributed by atoms with E-state index in [0.717, 1.165) is 16.7 Å². The fourth-order valence-electron chi connectivity index (χ4n) is 1.91. The Hall–Kier alpha value is -1.44. The lowest BCUT2D eigenvalue weighted by Gasteiger charge is -2.18. The number of halogens is 2. The van der Waals surface area contributed by atoms with Crippen molar-refractivity contribution in [3.63, 3.8) is 0 Å². The van der Waals surface area contributed by atoms with Crippen LogP contribution in [0.5, 0.6) is 0 Å². The van der Waals surface area contributed by atoms with Crippen molar-refractivity contribution in [3.8, 4) is 0 Å². The van der Waals surface area contributed by atoms with Crippen LogP contribution in [0.1, 0.15) is 6.92 Å². The van der Waals surface area contributed by atoms with Crippen LogP contribution >= 0.6 is 35.0 Å². The molecule has 0 saturated carbocycles. The first kappa shape index (κ1) is 17.9. The molecule has 1 heterocycles. The van der Waals surface area contributed by atoms with E-state index in [1.54, 1.807) is 18.2 Å². The van der Waals surface area contributed by atoms with Crippen molar-refractivity contribution in [1.29, 1.82) is 0 Å². The number of nitrogens with one attached hydrogen (secondary N) is 1. The second-order valence-corrected chi connectivity index (χ2v) is 6.58. The van der Waals surface area contributed by atoms with Crippen molar-refractivity contribution < 1.29 is 19.1 Å². The molecule has 9 heteroatoms. The summed E-state index contributed by atoms with van der Waals surface area (Å²) in [5.74, 6) is -1.14. The van der Waals surface area contributed by atoms with Crippen molar-refractivity contribution in [3.05, 3.63) is 28.2 Å². The largest absolute Gasteiger partial charge is 0.452 e. The number of benzene rings is 1. The number of esters is 1. The van der Waals surface area contributed by atoms with Crippen molar-refractivity contribution in [1.82, 2.24) is 10.2 Å². The summed E-state index contributed by atoms with van der Waals surface area (Å²) in [6.07, 6.45) is -1.03. The average molecular weight is 377 g/mol. The van der Waals surface area contributed by atoms with Crippen molar-refractivity contribution in [2.24, 2.45) is 0 Å². The minimum atomic E-state index is -1.03. The lowest BCUT2D eigenvalue weighted by Crippen LogP contribution is -2.42. The van der Waals surface area contributed by atoms with E-state index in [-0.39, 0.29) is 12.3 Å². The maximum Gasteiger partial charge on any atom is 0.324 e. The number of urea groups is 1. The summed E-state index contributed by atoms with van der Waals surface area (Å²) in [7, 11) is 0. The number of hydrogen-bond donors (Lipinski definition) is 1. The third kappa shape index (κ3) is 4.76. The molecule has 1 aromatic carbocycles. The fourth-order valence-corrected chi connectivity index (χ4v) is 3.18. The maximum absolute atomic E-state index is 12.0. The number of hydrogen-bond acceptors (Lipinski definition) is 5. The molecule has 1 aliphatic heterocycles. The zero-order valence-electron chi connectivity index (χ0n) is 12.2. The number of rotatable bonds is 5. The van der Waals surface area contributed by atoms with E-state index in [0.29, 0.717) is 21.5 Å². The molecular formula is C14H14Cl2N2O4S. The van der Waals surface area contributed by atoms with Gasteiger partial charge in [-0.3, -0.25) is 14.5 Å². The molecule has 1 unspecified atom stereocenters. The summed E-state index contributed by atoms with van der Waals surface area (Å²) < 4.78 is 5.06. The molecule has 0 aliphatic carbocycles. The molecule has 1 atom stereocenters. The number of imide groups is 1. The highest BCUT2D eigenvalue weighted by Gasteiger charge is 2.31. The topological polar surface area (TPSA) is 75.7 Å². The molecule has 0 radical (unpaired) electrons. The van der Waals surface area contributed by atoms with Crippen LogP contribution in [0.25, 0.3) is 0 Å². The molecular weight excluding hydrogens is 363 g/mol. The van der Waals surface area contributed by atoms with Gasteiger partial charge in [-0.05, 0) is 25.1 Å². The Morgan fingerprint density at radius 2 is 2.17 bits per heavy atom. The van der Waals surface area contributed by atoms with Gasteiger partial charge in [0.15, 0.2) is 6.10 Å². The van der Waals surface area contributed by atoms with Gasteiger partial charge in [-0.15, -0.1) is 11.8 Å². The second kappa shape index (κ2) is 7.90. The molecule has 1 aromatic rings. The number of amides is 3. The minimum absolute atomic E-state index is 0.0239. The second-order valence-electron chi connectivity index (χ2n) is 4.72. The van der Waals surface area contributed by atoms with Crippen LogP contribution < -0.4 is 5.32 Å². The summed E-state index contributed by atoms with van der Waals surface area (Å²) in [6, 6.07) is 4.45. The highest BCUT2D eigenvalue weighted by atomic mass is 35.5. The Morgan fingerprint density at radius 3 is 2.83 bits per heavy atom. The predicted molar refractivity (Wildman–Crippen MR) is 87.9 cm³/mol. The fraction of sp³-hybridized carbons (Fsp3) is 0.357. The molecule has 23 heavy (non-hydrogen) atoms. The van der Waals surface area contributed by atoms with Gasteiger partial charge in [-0.25, -0.2) is 4.79 Å². The van der Waals surface area contributed by atoms with Gasteiger partial charge in [-0.2, -0.15) is 0 Å². The highest BCUT2D eigenvalue weighted by Crippen LogP contribution is 2.29. The van der Waals surface area contributed by atoms with Crippen LogP contribution in [0.15, 0.2) is 23.1 Å².